The van der Waals surface area contributed by atoms with Gasteiger partial charge in [-0.3, -0.25) is 9.69 Å². The van der Waals surface area contributed by atoms with E-state index in [4.69, 9.17) is 5.11 Å². The molecule has 2 atom stereocenters. The molecule has 0 aromatic heterocycles. The number of carbonyl (C=O) groups is 1. The molecule has 0 saturated heterocycles. The first kappa shape index (κ1) is 12.0. The van der Waals surface area contributed by atoms with Crippen molar-refractivity contribution in [3.8, 4) is 0 Å². The van der Waals surface area contributed by atoms with Crippen molar-refractivity contribution >= 4 is 5.97 Å². The molecule has 0 bridgehead atoms. The lowest BCUT2D eigenvalue weighted by atomic mass is 10.2. The molecule has 3 nitrogen and oxygen atoms in total. The van der Waals surface area contributed by atoms with Gasteiger partial charge >= 0.3 is 5.97 Å². The normalized spacial score (nSPS) is 22.8. The first-order valence-electron chi connectivity index (χ1n) is 5.36. The highest BCUT2D eigenvalue weighted by molar-refractivity contribution is 5.74. The van der Waals surface area contributed by atoms with Crippen molar-refractivity contribution in [1.82, 2.24) is 4.90 Å². The van der Waals surface area contributed by atoms with Gasteiger partial charge in [0.1, 0.15) is 11.6 Å². The van der Waals surface area contributed by atoms with Crippen molar-refractivity contribution in [2.24, 2.45) is 5.92 Å². The molecule has 1 aromatic rings. The van der Waals surface area contributed by atoms with Crippen LogP contribution in [0.25, 0.3) is 0 Å². The van der Waals surface area contributed by atoms with Gasteiger partial charge in [0.2, 0.25) is 0 Å². The first-order valence-corrected chi connectivity index (χ1v) is 5.36. The van der Waals surface area contributed by atoms with Crippen LogP contribution >= 0.6 is 0 Å². The number of hydrogen-bond acceptors (Lipinski definition) is 2. The summed E-state index contributed by atoms with van der Waals surface area (Å²) in [6, 6.07) is 3.38. The number of halogens is 2. The van der Waals surface area contributed by atoms with E-state index in [2.05, 4.69) is 0 Å². The van der Waals surface area contributed by atoms with Crippen LogP contribution in [0.15, 0.2) is 18.2 Å². The molecule has 92 valence electrons. The fourth-order valence-electron chi connectivity index (χ4n) is 1.97. The third-order valence-electron chi connectivity index (χ3n) is 3.07. The fraction of sp³-hybridized carbons (Fsp3) is 0.417. The predicted molar refractivity (Wildman–Crippen MR) is 57.4 cm³/mol. The second-order valence-corrected chi connectivity index (χ2v) is 4.40. The largest absolute Gasteiger partial charge is 0.481 e. The molecule has 1 N–H and O–H groups in total. The lowest BCUT2D eigenvalue weighted by Gasteiger charge is -2.16. The van der Waals surface area contributed by atoms with Gasteiger partial charge in [0.05, 0.1) is 5.92 Å². The van der Waals surface area contributed by atoms with Gasteiger partial charge in [-0.25, -0.2) is 8.78 Å². The topological polar surface area (TPSA) is 40.5 Å². The number of hydrogen-bond donors (Lipinski definition) is 1. The molecule has 0 aliphatic heterocycles. The third kappa shape index (κ3) is 2.61. The van der Waals surface area contributed by atoms with E-state index >= 15 is 0 Å². The molecule has 1 fully saturated rings. The van der Waals surface area contributed by atoms with E-state index in [9.17, 15) is 13.6 Å². The van der Waals surface area contributed by atoms with E-state index in [-0.39, 0.29) is 12.0 Å². The minimum Gasteiger partial charge on any atom is -0.481 e. The summed E-state index contributed by atoms with van der Waals surface area (Å²) in [5.74, 6) is -2.38. The molecule has 0 radical (unpaired) electrons. The summed E-state index contributed by atoms with van der Waals surface area (Å²) >= 11 is 0. The lowest BCUT2D eigenvalue weighted by Crippen LogP contribution is -2.24. The molecule has 5 heteroatoms. The van der Waals surface area contributed by atoms with Gasteiger partial charge in [0, 0.05) is 24.2 Å². The maximum absolute atomic E-state index is 13.4. The molecule has 0 amide bonds. The molecular formula is C12H13F2NO2. The zero-order valence-electron chi connectivity index (χ0n) is 9.36. The highest BCUT2D eigenvalue weighted by Gasteiger charge is 2.45. The second-order valence-electron chi connectivity index (χ2n) is 4.40. The molecule has 2 unspecified atom stereocenters. The van der Waals surface area contributed by atoms with Crippen LogP contribution in [0.2, 0.25) is 0 Å². The molecule has 1 aromatic carbocycles. The van der Waals surface area contributed by atoms with Gasteiger partial charge in [-0.15, -0.1) is 0 Å². The van der Waals surface area contributed by atoms with Crippen LogP contribution in [0, 0.1) is 17.6 Å². The molecule has 0 heterocycles. The Labute approximate surface area is 97.7 Å². The molecule has 1 aliphatic carbocycles. The lowest BCUT2D eigenvalue weighted by molar-refractivity contribution is -0.138. The molecule has 1 aliphatic rings. The zero-order valence-corrected chi connectivity index (χ0v) is 9.36. The van der Waals surface area contributed by atoms with Crippen LogP contribution in [0.5, 0.6) is 0 Å². The number of carboxylic acid groups (broad SMARTS) is 1. The van der Waals surface area contributed by atoms with Gasteiger partial charge in [-0.2, -0.15) is 0 Å². The maximum Gasteiger partial charge on any atom is 0.308 e. The van der Waals surface area contributed by atoms with Crippen LogP contribution in [0.1, 0.15) is 12.0 Å². The van der Waals surface area contributed by atoms with E-state index in [0.29, 0.717) is 18.5 Å². The second kappa shape index (κ2) is 4.41. The summed E-state index contributed by atoms with van der Waals surface area (Å²) in [5.41, 5.74) is 0.380. The van der Waals surface area contributed by atoms with Gasteiger partial charge in [0.15, 0.2) is 0 Å². The molecule has 1 saturated carbocycles. The summed E-state index contributed by atoms with van der Waals surface area (Å²) in [6.45, 7) is 0.292. The highest BCUT2D eigenvalue weighted by atomic mass is 19.1. The van der Waals surface area contributed by atoms with Crippen LogP contribution in [-0.2, 0) is 11.3 Å². The SMILES string of the molecule is CN(Cc1ccc(F)cc1F)C1CC1C(=O)O. The van der Waals surface area contributed by atoms with Crippen molar-refractivity contribution in [3.05, 3.63) is 35.4 Å². The summed E-state index contributed by atoms with van der Waals surface area (Å²) in [5, 5.41) is 8.78. The monoisotopic (exact) mass is 241 g/mol. The van der Waals surface area contributed by atoms with E-state index in [0.717, 1.165) is 6.07 Å². The Morgan fingerprint density at radius 3 is 2.76 bits per heavy atom. The Balaban J connectivity index is 1.99. The smallest absolute Gasteiger partial charge is 0.308 e. The molecule has 0 spiro atoms. The maximum atomic E-state index is 13.4. The standard InChI is InChI=1S/C12H13F2NO2/c1-15(11-5-9(11)12(16)17)6-7-2-3-8(13)4-10(7)14/h2-4,9,11H,5-6H2,1H3,(H,16,17). The van der Waals surface area contributed by atoms with E-state index in [1.165, 1.54) is 12.1 Å². The van der Waals surface area contributed by atoms with E-state index in [1.807, 2.05) is 0 Å². The van der Waals surface area contributed by atoms with Crippen LogP contribution in [0.4, 0.5) is 8.78 Å². The third-order valence-corrected chi connectivity index (χ3v) is 3.07. The number of carboxylic acids is 1. The number of aliphatic carboxylic acids is 1. The van der Waals surface area contributed by atoms with Crippen LogP contribution < -0.4 is 0 Å². The number of nitrogens with zero attached hydrogens (tertiary/aromatic N) is 1. The summed E-state index contributed by atoms with van der Waals surface area (Å²) < 4.78 is 26.1. The summed E-state index contributed by atoms with van der Waals surface area (Å²) in [6.07, 6.45) is 0.592. The van der Waals surface area contributed by atoms with Gasteiger partial charge in [-0.05, 0) is 19.5 Å². The predicted octanol–water partition coefficient (Wildman–Crippen LogP) is 1.87. The first-order chi connectivity index (χ1) is 7.99. The Bertz CT molecular complexity index is 450. The van der Waals surface area contributed by atoms with Crippen molar-refractivity contribution in [1.29, 1.82) is 0 Å². The average molecular weight is 241 g/mol. The van der Waals surface area contributed by atoms with Gasteiger partial charge in [0.25, 0.3) is 0 Å². The zero-order chi connectivity index (χ0) is 12.6. The molecule has 17 heavy (non-hydrogen) atoms. The fourth-order valence-corrected chi connectivity index (χ4v) is 1.97. The molecule has 2 rings (SSSR count). The Hall–Kier alpha value is -1.49. The van der Waals surface area contributed by atoms with E-state index in [1.54, 1.807) is 11.9 Å². The van der Waals surface area contributed by atoms with Gasteiger partial charge in [-0.1, -0.05) is 6.07 Å². The van der Waals surface area contributed by atoms with E-state index < -0.39 is 17.6 Å². The van der Waals surface area contributed by atoms with Crippen molar-refractivity contribution in [2.75, 3.05) is 7.05 Å². The Morgan fingerprint density at radius 2 is 2.24 bits per heavy atom. The highest BCUT2D eigenvalue weighted by Crippen LogP contribution is 2.35. The summed E-state index contributed by atoms with van der Waals surface area (Å²) in [7, 11) is 1.75. The van der Waals surface area contributed by atoms with Crippen molar-refractivity contribution in [3.63, 3.8) is 0 Å². The Kier molecular flexibility index (Phi) is 3.11. The number of rotatable bonds is 4. The molecular weight excluding hydrogens is 228 g/mol. The van der Waals surface area contributed by atoms with Crippen molar-refractivity contribution in [2.45, 2.75) is 19.0 Å². The average Bonchev–Trinajstić information content (AvgIpc) is 3.01. The minimum atomic E-state index is -0.818. The summed E-state index contributed by atoms with van der Waals surface area (Å²) in [4.78, 5) is 12.5. The van der Waals surface area contributed by atoms with Crippen LogP contribution in [0.3, 0.4) is 0 Å². The van der Waals surface area contributed by atoms with Gasteiger partial charge < -0.3 is 5.11 Å². The van der Waals surface area contributed by atoms with Crippen LogP contribution in [-0.4, -0.2) is 29.1 Å². The minimum absolute atomic E-state index is 0.0445. The Morgan fingerprint density at radius 1 is 1.53 bits per heavy atom. The number of benzene rings is 1. The van der Waals surface area contributed by atoms with Crippen molar-refractivity contribution < 1.29 is 18.7 Å². The quantitative estimate of drug-likeness (QED) is 0.874.